The molecule has 0 radical (unpaired) electrons. The molecule has 21 heavy (non-hydrogen) atoms. The summed E-state index contributed by atoms with van der Waals surface area (Å²) >= 11 is 1.50. The maximum Gasteiger partial charge on any atom is 0.260 e. The van der Waals surface area contributed by atoms with Crippen molar-refractivity contribution in [2.45, 2.75) is 52.4 Å². The fraction of sp³-hybridized carbons (Fsp3) is 0.625. The zero-order valence-corrected chi connectivity index (χ0v) is 13.7. The summed E-state index contributed by atoms with van der Waals surface area (Å²) in [4.78, 5) is 4.57. The van der Waals surface area contributed by atoms with Crippen LogP contribution in [0.25, 0.3) is 11.5 Å². The molecule has 1 saturated carbocycles. The molecule has 0 unspecified atom stereocenters. The molecule has 2 N–H and O–H groups in total. The van der Waals surface area contributed by atoms with E-state index in [1.54, 1.807) is 0 Å². The standard InChI is InChI=1S/C16H23N3OS/c1-16(2,3)11-6-4-10(5-7-11)14-18-15(20-19-14)12-8-9-21-13(12)17/h8-11H,4-7,17H2,1-3H3. The lowest BCUT2D eigenvalue weighted by Crippen LogP contribution is -2.25. The summed E-state index contributed by atoms with van der Waals surface area (Å²) in [5.74, 6) is 2.64. The van der Waals surface area contributed by atoms with E-state index in [1.165, 1.54) is 24.2 Å². The molecule has 0 amide bonds. The number of nitrogens with zero attached hydrogens (tertiary/aromatic N) is 2. The first kappa shape index (κ1) is 14.6. The van der Waals surface area contributed by atoms with Crippen LogP contribution in [-0.4, -0.2) is 10.1 Å². The molecule has 1 fully saturated rings. The van der Waals surface area contributed by atoms with Gasteiger partial charge in [0.05, 0.1) is 10.6 Å². The summed E-state index contributed by atoms with van der Waals surface area (Å²) < 4.78 is 5.40. The lowest BCUT2D eigenvalue weighted by atomic mass is 9.70. The van der Waals surface area contributed by atoms with Gasteiger partial charge in [-0.25, -0.2) is 0 Å². The highest BCUT2D eigenvalue weighted by atomic mass is 32.1. The summed E-state index contributed by atoms with van der Waals surface area (Å²) in [5, 5.41) is 6.87. The van der Waals surface area contributed by atoms with Crippen molar-refractivity contribution in [2.75, 3.05) is 5.73 Å². The van der Waals surface area contributed by atoms with E-state index >= 15 is 0 Å². The Hall–Kier alpha value is -1.36. The number of aromatic nitrogens is 2. The molecule has 4 nitrogen and oxygen atoms in total. The third-order valence-electron chi connectivity index (χ3n) is 4.68. The molecule has 2 heterocycles. The highest BCUT2D eigenvalue weighted by Gasteiger charge is 2.32. The lowest BCUT2D eigenvalue weighted by molar-refractivity contribution is 0.166. The quantitative estimate of drug-likeness (QED) is 0.873. The Morgan fingerprint density at radius 3 is 2.52 bits per heavy atom. The molecule has 114 valence electrons. The third kappa shape index (κ3) is 2.98. The average molecular weight is 305 g/mol. The Kier molecular flexibility index (Phi) is 3.78. The third-order valence-corrected chi connectivity index (χ3v) is 5.43. The number of hydrogen-bond acceptors (Lipinski definition) is 5. The van der Waals surface area contributed by atoms with Crippen LogP contribution in [0.5, 0.6) is 0 Å². The molecular formula is C16H23N3OS. The second kappa shape index (κ2) is 5.44. The average Bonchev–Trinajstić information content (AvgIpc) is 3.06. The van der Waals surface area contributed by atoms with Crippen LogP contribution < -0.4 is 5.73 Å². The van der Waals surface area contributed by atoms with E-state index in [4.69, 9.17) is 10.3 Å². The summed E-state index contributed by atoms with van der Waals surface area (Å²) in [6.07, 6.45) is 4.80. The normalized spacial score (nSPS) is 23.4. The van der Waals surface area contributed by atoms with Crippen LogP contribution in [0.15, 0.2) is 16.0 Å². The molecule has 0 aliphatic heterocycles. The Bertz CT molecular complexity index is 603. The first-order chi connectivity index (χ1) is 9.95. The molecule has 0 atom stereocenters. The fourth-order valence-electron chi connectivity index (χ4n) is 3.23. The van der Waals surface area contributed by atoms with Crippen molar-refractivity contribution in [3.8, 4) is 11.5 Å². The highest BCUT2D eigenvalue weighted by molar-refractivity contribution is 7.14. The van der Waals surface area contributed by atoms with Crippen molar-refractivity contribution in [1.29, 1.82) is 0 Å². The predicted molar refractivity (Wildman–Crippen MR) is 86.2 cm³/mol. The summed E-state index contributed by atoms with van der Waals surface area (Å²) in [6, 6.07) is 1.94. The van der Waals surface area contributed by atoms with Gasteiger partial charge in [0.25, 0.3) is 5.89 Å². The highest BCUT2D eigenvalue weighted by Crippen LogP contribution is 2.43. The van der Waals surface area contributed by atoms with Crippen molar-refractivity contribution >= 4 is 16.3 Å². The molecular weight excluding hydrogens is 282 g/mol. The van der Waals surface area contributed by atoms with Crippen LogP contribution in [0.3, 0.4) is 0 Å². The van der Waals surface area contributed by atoms with Crippen molar-refractivity contribution < 1.29 is 4.52 Å². The molecule has 0 bridgehead atoms. The Balaban J connectivity index is 1.70. The van der Waals surface area contributed by atoms with Crippen LogP contribution in [0.4, 0.5) is 5.00 Å². The van der Waals surface area contributed by atoms with Gasteiger partial charge in [-0.1, -0.05) is 25.9 Å². The number of thiophene rings is 1. The smallest absolute Gasteiger partial charge is 0.260 e. The largest absolute Gasteiger partial charge is 0.390 e. The first-order valence-corrected chi connectivity index (χ1v) is 8.50. The van der Waals surface area contributed by atoms with Gasteiger partial charge in [0.15, 0.2) is 5.82 Å². The van der Waals surface area contributed by atoms with Gasteiger partial charge >= 0.3 is 0 Å². The van der Waals surface area contributed by atoms with Gasteiger partial charge in [0.1, 0.15) is 0 Å². The number of anilines is 1. The van der Waals surface area contributed by atoms with E-state index in [9.17, 15) is 0 Å². The van der Waals surface area contributed by atoms with E-state index < -0.39 is 0 Å². The molecule has 2 aromatic heterocycles. The minimum atomic E-state index is 0.401. The minimum Gasteiger partial charge on any atom is -0.390 e. The topological polar surface area (TPSA) is 64.9 Å². The van der Waals surface area contributed by atoms with Gasteiger partial charge in [-0.3, -0.25) is 0 Å². The minimum absolute atomic E-state index is 0.401. The number of hydrogen-bond donors (Lipinski definition) is 1. The van der Waals surface area contributed by atoms with Crippen molar-refractivity contribution in [1.82, 2.24) is 10.1 Å². The maximum absolute atomic E-state index is 5.92. The fourth-order valence-corrected chi connectivity index (χ4v) is 3.86. The molecule has 0 aromatic carbocycles. The summed E-state index contributed by atoms with van der Waals surface area (Å²) in [5.41, 5.74) is 7.18. The maximum atomic E-state index is 5.92. The molecule has 1 aliphatic rings. The van der Waals surface area contributed by atoms with Crippen LogP contribution in [0, 0.1) is 11.3 Å². The van der Waals surface area contributed by atoms with Crippen LogP contribution in [-0.2, 0) is 0 Å². The van der Waals surface area contributed by atoms with E-state index in [1.807, 2.05) is 11.4 Å². The zero-order chi connectivity index (χ0) is 15.0. The molecule has 5 heteroatoms. The number of rotatable bonds is 2. The predicted octanol–water partition coefficient (Wildman–Crippen LogP) is 4.70. The van der Waals surface area contributed by atoms with Gasteiger partial charge in [-0.15, -0.1) is 11.3 Å². The Morgan fingerprint density at radius 1 is 1.24 bits per heavy atom. The first-order valence-electron chi connectivity index (χ1n) is 7.62. The molecule has 0 saturated heterocycles. The SMILES string of the molecule is CC(C)(C)C1CCC(c2noc(-c3ccsc3N)n2)CC1. The molecule has 3 rings (SSSR count). The van der Waals surface area contributed by atoms with Crippen molar-refractivity contribution in [3.05, 3.63) is 17.3 Å². The Labute approximate surface area is 129 Å². The number of nitrogens with two attached hydrogens (primary N) is 1. The van der Waals surface area contributed by atoms with E-state index in [2.05, 4.69) is 30.9 Å². The summed E-state index contributed by atoms with van der Waals surface area (Å²) in [6.45, 7) is 7.01. The van der Waals surface area contributed by atoms with Crippen LogP contribution in [0.1, 0.15) is 58.2 Å². The van der Waals surface area contributed by atoms with Gasteiger partial charge < -0.3 is 10.3 Å². The second-order valence-corrected chi connectivity index (χ2v) is 8.02. The van der Waals surface area contributed by atoms with Gasteiger partial charge in [-0.2, -0.15) is 4.98 Å². The second-order valence-electron chi connectivity index (χ2n) is 7.07. The van der Waals surface area contributed by atoms with Gasteiger partial charge in [0, 0.05) is 5.92 Å². The van der Waals surface area contributed by atoms with E-state index in [0.717, 1.165) is 35.1 Å². The van der Waals surface area contributed by atoms with Crippen LogP contribution >= 0.6 is 11.3 Å². The molecule has 1 aliphatic carbocycles. The van der Waals surface area contributed by atoms with Crippen molar-refractivity contribution in [3.63, 3.8) is 0 Å². The molecule has 2 aromatic rings. The molecule has 0 spiro atoms. The van der Waals surface area contributed by atoms with Gasteiger partial charge in [-0.05, 0) is 48.5 Å². The Morgan fingerprint density at radius 2 is 1.95 bits per heavy atom. The summed E-state index contributed by atoms with van der Waals surface area (Å²) in [7, 11) is 0. The van der Waals surface area contributed by atoms with E-state index in [-0.39, 0.29) is 0 Å². The number of nitrogen functional groups attached to an aromatic ring is 1. The van der Waals surface area contributed by atoms with E-state index in [0.29, 0.717) is 17.2 Å². The van der Waals surface area contributed by atoms with Crippen molar-refractivity contribution in [2.24, 2.45) is 11.3 Å². The van der Waals surface area contributed by atoms with Gasteiger partial charge in [0.2, 0.25) is 0 Å². The lowest BCUT2D eigenvalue weighted by Gasteiger charge is -2.36. The monoisotopic (exact) mass is 305 g/mol. The zero-order valence-electron chi connectivity index (χ0n) is 12.9. The van der Waals surface area contributed by atoms with Crippen LogP contribution in [0.2, 0.25) is 0 Å².